The number of nitrogens with zero attached hydrogens (tertiary/aromatic N) is 2. The first-order valence-electron chi connectivity index (χ1n) is 8.34. The summed E-state index contributed by atoms with van der Waals surface area (Å²) in [5.74, 6) is 1.40. The molecule has 2 aromatic rings. The van der Waals surface area contributed by atoms with Gasteiger partial charge in [0.1, 0.15) is 0 Å². The molecule has 5 nitrogen and oxygen atoms in total. The third-order valence-electron chi connectivity index (χ3n) is 4.62. The van der Waals surface area contributed by atoms with Crippen molar-refractivity contribution < 1.29 is 14.3 Å². The summed E-state index contributed by atoms with van der Waals surface area (Å²) in [7, 11) is 6.85. The van der Waals surface area contributed by atoms with Crippen molar-refractivity contribution in [2.24, 2.45) is 0 Å². The van der Waals surface area contributed by atoms with Crippen molar-refractivity contribution >= 4 is 6.03 Å². The lowest BCUT2D eigenvalue weighted by molar-refractivity contribution is 0.154. The Balaban J connectivity index is 2.15. The molecule has 0 bridgehead atoms. The molecule has 25 heavy (non-hydrogen) atoms. The molecule has 5 heteroatoms. The zero-order chi connectivity index (χ0) is 18.0. The average Bonchev–Trinajstić information content (AvgIpc) is 2.65. The summed E-state index contributed by atoms with van der Waals surface area (Å²) >= 11 is 0. The SMILES string of the molecule is COc1cc2c(cc1OC)C(c1ccccc1)N(C(=O)N(C)C)CC2. The molecule has 1 aliphatic heterocycles. The van der Waals surface area contributed by atoms with E-state index in [1.807, 2.05) is 35.2 Å². The van der Waals surface area contributed by atoms with E-state index in [0.717, 1.165) is 23.3 Å². The highest BCUT2D eigenvalue weighted by molar-refractivity contribution is 5.76. The molecule has 2 aromatic carbocycles. The van der Waals surface area contributed by atoms with Crippen molar-refractivity contribution in [2.75, 3.05) is 34.9 Å². The standard InChI is InChI=1S/C20H24N2O3/c1-21(2)20(23)22-11-10-15-12-17(24-3)18(25-4)13-16(15)19(22)14-8-6-5-7-9-14/h5-9,12-13,19H,10-11H2,1-4H3. The van der Waals surface area contributed by atoms with Crippen molar-refractivity contribution in [3.8, 4) is 11.5 Å². The fraction of sp³-hybridized carbons (Fsp3) is 0.350. The lowest BCUT2D eigenvalue weighted by Gasteiger charge is -2.39. The number of hydrogen-bond donors (Lipinski definition) is 0. The van der Waals surface area contributed by atoms with Crippen LogP contribution in [0.25, 0.3) is 0 Å². The van der Waals surface area contributed by atoms with Gasteiger partial charge in [-0.3, -0.25) is 0 Å². The number of benzene rings is 2. The normalized spacial score (nSPS) is 16.2. The average molecular weight is 340 g/mol. The second-order valence-corrected chi connectivity index (χ2v) is 6.34. The second-order valence-electron chi connectivity index (χ2n) is 6.34. The summed E-state index contributed by atoms with van der Waals surface area (Å²) in [6, 6.07) is 14.0. The zero-order valence-electron chi connectivity index (χ0n) is 15.2. The molecule has 0 saturated carbocycles. The van der Waals surface area contributed by atoms with Crippen LogP contribution < -0.4 is 9.47 Å². The zero-order valence-corrected chi connectivity index (χ0v) is 15.2. The Morgan fingerprint density at radius 2 is 1.72 bits per heavy atom. The number of amides is 2. The van der Waals surface area contributed by atoms with Crippen LogP contribution in [0.3, 0.4) is 0 Å². The smallest absolute Gasteiger partial charge is 0.320 e. The number of carbonyl (C=O) groups excluding carboxylic acids is 1. The molecule has 0 fully saturated rings. The number of hydrogen-bond acceptors (Lipinski definition) is 3. The maximum absolute atomic E-state index is 12.8. The van der Waals surface area contributed by atoms with Crippen LogP contribution in [0.5, 0.6) is 11.5 Å². The molecular weight excluding hydrogens is 316 g/mol. The highest BCUT2D eigenvalue weighted by Gasteiger charge is 2.33. The van der Waals surface area contributed by atoms with Gasteiger partial charge in [0.25, 0.3) is 0 Å². The molecule has 0 aromatic heterocycles. The predicted octanol–water partition coefficient (Wildman–Crippen LogP) is 3.33. The third kappa shape index (κ3) is 3.14. The summed E-state index contributed by atoms with van der Waals surface area (Å²) in [6.45, 7) is 0.666. The third-order valence-corrected chi connectivity index (χ3v) is 4.62. The number of methoxy groups -OCH3 is 2. The molecule has 1 heterocycles. The van der Waals surface area contributed by atoms with Gasteiger partial charge in [-0.25, -0.2) is 4.79 Å². The summed E-state index contributed by atoms with van der Waals surface area (Å²) in [4.78, 5) is 16.3. The molecule has 0 saturated heterocycles. The van der Waals surface area contributed by atoms with Gasteiger partial charge in [-0.1, -0.05) is 30.3 Å². The molecule has 1 atom stereocenters. The van der Waals surface area contributed by atoms with E-state index in [0.29, 0.717) is 12.3 Å². The summed E-state index contributed by atoms with van der Waals surface area (Å²) < 4.78 is 10.9. The molecular formula is C20H24N2O3. The Morgan fingerprint density at radius 1 is 1.08 bits per heavy atom. The highest BCUT2D eigenvalue weighted by atomic mass is 16.5. The molecule has 0 N–H and O–H groups in total. The van der Waals surface area contributed by atoms with Crippen molar-refractivity contribution in [1.29, 1.82) is 0 Å². The van der Waals surface area contributed by atoms with E-state index in [1.54, 1.807) is 33.2 Å². The maximum Gasteiger partial charge on any atom is 0.320 e. The number of rotatable bonds is 3. The van der Waals surface area contributed by atoms with Crippen LogP contribution in [0.15, 0.2) is 42.5 Å². The minimum atomic E-state index is -0.139. The Labute approximate surface area is 148 Å². The van der Waals surface area contributed by atoms with Crippen molar-refractivity contribution in [2.45, 2.75) is 12.5 Å². The van der Waals surface area contributed by atoms with Gasteiger partial charge in [-0.15, -0.1) is 0 Å². The molecule has 0 spiro atoms. The Hall–Kier alpha value is -2.69. The van der Waals surface area contributed by atoms with E-state index in [-0.39, 0.29) is 12.1 Å². The van der Waals surface area contributed by atoms with Gasteiger partial charge in [-0.05, 0) is 35.2 Å². The van der Waals surface area contributed by atoms with Crippen LogP contribution in [-0.4, -0.2) is 50.7 Å². The quantitative estimate of drug-likeness (QED) is 0.861. The van der Waals surface area contributed by atoms with E-state index >= 15 is 0 Å². The van der Waals surface area contributed by atoms with Gasteiger partial charge in [-0.2, -0.15) is 0 Å². The van der Waals surface area contributed by atoms with Gasteiger partial charge in [0, 0.05) is 20.6 Å². The van der Waals surface area contributed by atoms with Gasteiger partial charge >= 0.3 is 6.03 Å². The number of fused-ring (bicyclic) bond motifs is 1. The Bertz CT molecular complexity index is 759. The molecule has 0 aliphatic carbocycles. The number of ether oxygens (including phenoxy) is 2. The predicted molar refractivity (Wildman–Crippen MR) is 97.3 cm³/mol. The molecule has 1 unspecified atom stereocenters. The van der Waals surface area contributed by atoms with E-state index < -0.39 is 0 Å². The first-order chi connectivity index (χ1) is 12.1. The van der Waals surface area contributed by atoms with Gasteiger partial charge in [0.2, 0.25) is 0 Å². The van der Waals surface area contributed by atoms with Crippen molar-refractivity contribution in [1.82, 2.24) is 9.80 Å². The van der Waals surface area contributed by atoms with Crippen molar-refractivity contribution in [3.05, 3.63) is 59.2 Å². The molecule has 1 aliphatic rings. The van der Waals surface area contributed by atoms with Crippen LogP contribution >= 0.6 is 0 Å². The fourth-order valence-corrected chi connectivity index (χ4v) is 3.40. The molecule has 2 amide bonds. The highest BCUT2D eigenvalue weighted by Crippen LogP contribution is 2.41. The van der Waals surface area contributed by atoms with Gasteiger partial charge in [0.15, 0.2) is 11.5 Å². The van der Waals surface area contributed by atoms with Crippen LogP contribution in [0, 0.1) is 0 Å². The largest absolute Gasteiger partial charge is 0.493 e. The maximum atomic E-state index is 12.8. The van der Waals surface area contributed by atoms with Crippen LogP contribution in [0.1, 0.15) is 22.7 Å². The number of urea groups is 1. The molecule has 3 rings (SSSR count). The van der Waals surface area contributed by atoms with Crippen LogP contribution in [-0.2, 0) is 6.42 Å². The first kappa shape index (κ1) is 17.1. The van der Waals surface area contributed by atoms with Gasteiger partial charge in [0.05, 0.1) is 20.3 Å². The van der Waals surface area contributed by atoms with Gasteiger partial charge < -0.3 is 19.3 Å². The fourth-order valence-electron chi connectivity index (χ4n) is 3.40. The Kier molecular flexibility index (Phi) is 4.83. The monoisotopic (exact) mass is 340 g/mol. The minimum Gasteiger partial charge on any atom is -0.493 e. The van der Waals surface area contributed by atoms with E-state index in [9.17, 15) is 4.79 Å². The lowest BCUT2D eigenvalue weighted by atomic mass is 9.88. The topological polar surface area (TPSA) is 42.0 Å². The summed E-state index contributed by atoms with van der Waals surface area (Å²) in [6.07, 6.45) is 0.790. The molecule has 132 valence electrons. The number of carbonyl (C=O) groups is 1. The lowest BCUT2D eigenvalue weighted by Crippen LogP contribution is -2.45. The van der Waals surface area contributed by atoms with Crippen LogP contribution in [0.4, 0.5) is 4.79 Å². The van der Waals surface area contributed by atoms with Crippen LogP contribution in [0.2, 0.25) is 0 Å². The summed E-state index contributed by atoms with van der Waals surface area (Å²) in [5, 5.41) is 0. The van der Waals surface area contributed by atoms with E-state index in [4.69, 9.17) is 9.47 Å². The molecule has 0 radical (unpaired) electrons. The Morgan fingerprint density at radius 3 is 2.32 bits per heavy atom. The summed E-state index contributed by atoms with van der Waals surface area (Å²) in [5.41, 5.74) is 3.37. The van der Waals surface area contributed by atoms with E-state index in [2.05, 4.69) is 12.1 Å². The first-order valence-corrected chi connectivity index (χ1v) is 8.34. The van der Waals surface area contributed by atoms with Crippen molar-refractivity contribution in [3.63, 3.8) is 0 Å². The van der Waals surface area contributed by atoms with E-state index in [1.165, 1.54) is 5.56 Å². The minimum absolute atomic E-state index is 0.00860. The second kappa shape index (κ2) is 7.05.